The number of hydrogen-bond acceptors (Lipinski definition) is 3. The van der Waals surface area contributed by atoms with E-state index in [1.807, 2.05) is 18.2 Å². The summed E-state index contributed by atoms with van der Waals surface area (Å²) in [6, 6.07) is 9.02. The summed E-state index contributed by atoms with van der Waals surface area (Å²) in [6.45, 7) is 3.18. The van der Waals surface area contributed by atoms with Crippen molar-refractivity contribution in [3.05, 3.63) is 30.3 Å². The van der Waals surface area contributed by atoms with Gasteiger partial charge in [-0.3, -0.25) is 9.59 Å². The van der Waals surface area contributed by atoms with Gasteiger partial charge in [0.25, 0.3) is 0 Å². The molecule has 1 rings (SSSR count). The average Bonchev–Trinajstić information content (AvgIpc) is 2.25. The lowest BCUT2D eigenvalue weighted by molar-refractivity contribution is -0.125. The van der Waals surface area contributed by atoms with E-state index < -0.39 is 6.10 Å². The Bertz CT molecular complexity index is 387. The summed E-state index contributed by atoms with van der Waals surface area (Å²) in [5.74, 6) is -0.467. The number of ketones is 1. The fourth-order valence-electron chi connectivity index (χ4n) is 1.53. The van der Waals surface area contributed by atoms with E-state index in [4.69, 9.17) is 0 Å². The van der Waals surface area contributed by atoms with Gasteiger partial charge < -0.3 is 10.0 Å². The van der Waals surface area contributed by atoms with Crippen LogP contribution in [0, 0.1) is 0 Å². The largest absolute Gasteiger partial charge is 0.392 e. The minimum absolute atomic E-state index is 0.137. The second kappa shape index (κ2) is 6.15. The molecule has 0 aliphatic carbocycles. The van der Waals surface area contributed by atoms with Crippen molar-refractivity contribution in [1.29, 1.82) is 0 Å². The molecule has 0 saturated heterocycles. The molecule has 1 amide bonds. The Balaban J connectivity index is 2.88. The number of carbonyl (C=O) groups excluding carboxylic acids is 2. The average molecular weight is 235 g/mol. The molecule has 0 aliphatic rings. The number of amides is 1. The highest BCUT2D eigenvalue weighted by atomic mass is 16.3. The van der Waals surface area contributed by atoms with E-state index in [1.165, 1.54) is 11.8 Å². The smallest absolute Gasteiger partial charge is 0.234 e. The quantitative estimate of drug-likeness (QED) is 0.784. The van der Waals surface area contributed by atoms with E-state index in [1.54, 1.807) is 19.1 Å². The molecule has 4 heteroatoms. The third kappa shape index (κ3) is 4.36. The van der Waals surface area contributed by atoms with Crippen molar-refractivity contribution in [1.82, 2.24) is 0 Å². The minimum atomic E-state index is -0.633. The second-order valence-corrected chi connectivity index (χ2v) is 4.07. The number of hydrogen-bond donors (Lipinski definition) is 1. The lowest BCUT2D eigenvalue weighted by Crippen LogP contribution is -2.37. The number of nitrogens with zero attached hydrogens (tertiary/aromatic N) is 1. The van der Waals surface area contributed by atoms with Crippen LogP contribution >= 0.6 is 0 Å². The van der Waals surface area contributed by atoms with Crippen molar-refractivity contribution < 1.29 is 14.7 Å². The van der Waals surface area contributed by atoms with E-state index in [2.05, 4.69) is 0 Å². The molecule has 4 nitrogen and oxygen atoms in total. The molecular formula is C13H17NO3. The third-order valence-electron chi connectivity index (χ3n) is 2.22. The van der Waals surface area contributed by atoms with Gasteiger partial charge in [0, 0.05) is 5.69 Å². The summed E-state index contributed by atoms with van der Waals surface area (Å²) in [6.07, 6.45) is -0.771. The standard InChI is InChI=1S/C13H17NO3/c1-10(15)8-13(17)14(9-11(2)16)12-6-4-3-5-7-12/h3-7,11,16H,8-9H2,1-2H3. The van der Waals surface area contributed by atoms with E-state index in [-0.39, 0.29) is 24.7 Å². The molecule has 0 bridgehead atoms. The van der Waals surface area contributed by atoms with Crippen LogP contribution in [0.4, 0.5) is 5.69 Å². The van der Waals surface area contributed by atoms with Crippen molar-refractivity contribution >= 4 is 17.4 Å². The molecule has 1 N–H and O–H groups in total. The molecular weight excluding hydrogens is 218 g/mol. The molecule has 0 aliphatic heterocycles. The summed E-state index contributed by atoms with van der Waals surface area (Å²) in [7, 11) is 0. The minimum Gasteiger partial charge on any atom is -0.392 e. The van der Waals surface area contributed by atoms with Gasteiger partial charge in [-0.15, -0.1) is 0 Å². The molecule has 1 aromatic rings. The number of anilines is 1. The van der Waals surface area contributed by atoms with Gasteiger partial charge in [-0.05, 0) is 26.0 Å². The summed E-state index contributed by atoms with van der Waals surface area (Å²) in [5, 5.41) is 9.39. The van der Waals surface area contributed by atoms with Gasteiger partial charge in [-0.1, -0.05) is 18.2 Å². The molecule has 17 heavy (non-hydrogen) atoms. The van der Waals surface area contributed by atoms with Crippen LogP contribution in [0.5, 0.6) is 0 Å². The zero-order valence-corrected chi connectivity index (χ0v) is 10.1. The van der Waals surface area contributed by atoms with E-state index in [0.717, 1.165) is 0 Å². The predicted molar refractivity (Wildman–Crippen MR) is 65.8 cm³/mol. The van der Waals surface area contributed by atoms with Gasteiger partial charge in [-0.25, -0.2) is 0 Å². The van der Waals surface area contributed by atoms with E-state index >= 15 is 0 Å². The first-order chi connectivity index (χ1) is 8.00. The molecule has 0 aromatic heterocycles. The Morgan fingerprint density at radius 1 is 1.29 bits per heavy atom. The highest BCUT2D eigenvalue weighted by Crippen LogP contribution is 2.15. The Kier molecular flexibility index (Phi) is 4.84. The number of Topliss-reactive ketones (excluding diaryl/α,β-unsaturated/α-hetero) is 1. The monoisotopic (exact) mass is 235 g/mol. The van der Waals surface area contributed by atoms with Gasteiger partial charge in [0.1, 0.15) is 5.78 Å². The second-order valence-electron chi connectivity index (χ2n) is 4.07. The molecule has 92 valence electrons. The van der Waals surface area contributed by atoms with Crippen LogP contribution in [0.3, 0.4) is 0 Å². The molecule has 0 spiro atoms. The lowest BCUT2D eigenvalue weighted by atomic mass is 10.2. The number of carbonyl (C=O) groups is 2. The maximum Gasteiger partial charge on any atom is 0.234 e. The van der Waals surface area contributed by atoms with Crippen LogP contribution in [0.2, 0.25) is 0 Å². The van der Waals surface area contributed by atoms with Crippen LogP contribution in [0.1, 0.15) is 20.3 Å². The summed E-state index contributed by atoms with van der Waals surface area (Å²) in [4.78, 5) is 24.3. The first-order valence-electron chi connectivity index (χ1n) is 5.53. The normalized spacial score (nSPS) is 11.9. The Hall–Kier alpha value is -1.68. The number of benzene rings is 1. The molecule has 0 radical (unpaired) electrons. The molecule has 0 heterocycles. The van der Waals surface area contributed by atoms with Crippen molar-refractivity contribution in [2.75, 3.05) is 11.4 Å². The van der Waals surface area contributed by atoms with Gasteiger partial charge in [0.05, 0.1) is 19.1 Å². The van der Waals surface area contributed by atoms with Crippen molar-refractivity contribution in [2.24, 2.45) is 0 Å². The highest BCUT2D eigenvalue weighted by Gasteiger charge is 2.18. The van der Waals surface area contributed by atoms with Crippen molar-refractivity contribution in [3.8, 4) is 0 Å². The first-order valence-corrected chi connectivity index (χ1v) is 5.53. The van der Waals surface area contributed by atoms with Crippen LogP contribution in [0.15, 0.2) is 30.3 Å². The van der Waals surface area contributed by atoms with Crippen LogP contribution in [0.25, 0.3) is 0 Å². The van der Waals surface area contributed by atoms with Gasteiger partial charge in [-0.2, -0.15) is 0 Å². The van der Waals surface area contributed by atoms with E-state index in [0.29, 0.717) is 5.69 Å². The number of rotatable bonds is 5. The fourth-order valence-corrected chi connectivity index (χ4v) is 1.53. The maximum atomic E-state index is 11.9. The van der Waals surface area contributed by atoms with Crippen molar-refractivity contribution in [2.45, 2.75) is 26.4 Å². The Morgan fingerprint density at radius 3 is 2.35 bits per heavy atom. The van der Waals surface area contributed by atoms with Crippen LogP contribution < -0.4 is 4.90 Å². The van der Waals surface area contributed by atoms with Gasteiger partial charge >= 0.3 is 0 Å². The zero-order valence-electron chi connectivity index (χ0n) is 10.1. The van der Waals surface area contributed by atoms with E-state index in [9.17, 15) is 14.7 Å². The molecule has 0 fully saturated rings. The maximum absolute atomic E-state index is 11.9. The van der Waals surface area contributed by atoms with Crippen LogP contribution in [-0.2, 0) is 9.59 Å². The topological polar surface area (TPSA) is 57.6 Å². The Morgan fingerprint density at radius 2 is 1.88 bits per heavy atom. The molecule has 1 atom stereocenters. The highest BCUT2D eigenvalue weighted by molar-refractivity contribution is 6.04. The van der Waals surface area contributed by atoms with Gasteiger partial charge in [0.2, 0.25) is 5.91 Å². The summed E-state index contributed by atoms with van der Waals surface area (Å²) in [5.41, 5.74) is 0.694. The fraction of sp³-hybridized carbons (Fsp3) is 0.385. The van der Waals surface area contributed by atoms with Crippen LogP contribution in [-0.4, -0.2) is 29.4 Å². The summed E-state index contributed by atoms with van der Waals surface area (Å²) < 4.78 is 0. The molecule has 0 saturated carbocycles. The Labute approximate surface area is 101 Å². The lowest BCUT2D eigenvalue weighted by Gasteiger charge is -2.23. The number of aliphatic hydroxyl groups is 1. The number of aliphatic hydroxyl groups excluding tert-OH is 1. The van der Waals surface area contributed by atoms with Crippen molar-refractivity contribution in [3.63, 3.8) is 0 Å². The first kappa shape index (κ1) is 13.4. The number of para-hydroxylation sites is 1. The van der Waals surface area contributed by atoms with Gasteiger partial charge in [0.15, 0.2) is 0 Å². The summed E-state index contributed by atoms with van der Waals surface area (Å²) >= 11 is 0. The SMILES string of the molecule is CC(=O)CC(=O)N(CC(C)O)c1ccccc1. The molecule has 1 unspecified atom stereocenters. The predicted octanol–water partition coefficient (Wildman–Crippen LogP) is 1.38. The zero-order chi connectivity index (χ0) is 12.8. The third-order valence-corrected chi connectivity index (χ3v) is 2.22. The molecule has 1 aromatic carbocycles.